The lowest BCUT2D eigenvalue weighted by molar-refractivity contribution is -0.164. The number of nitrogens with two attached hydrogens (primary N) is 1. The van der Waals surface area contributed by atoms with Crippen LogP contribution < -0.4 is 11.1 Å². The Hall–Kier alpha value is -3.44. The maximum Gasteiger partial charge on any atom is 0.411 e. The zero-order valence-electron chi connectivity index (χ0n) is 22.4. The molecule has 2 fully saturated rings. The highest BCUT2D eigenvalue weighted by Gasteiger charge is 2.61. The van der Waals surface area contributed by atoms with Crippen molar-refractivity contribution in [2.75, 3.05) is 11.9 Å². The minimum atomic E-state index is -1.62. The second-order valence-corrected chi connectivity index (χ2v) is 11.1. The van der Waals surface area contributed by atoms with Crippen molar-refractivity contribution in [1.82, 2.24) is 0 Å². The van der Waals surface area contributed by atoms with Crippen LogP contribution in [0, 0.1) is 35.5 Å². The average molecular weight is 545 g/mol. The van der Waals surface area contributed by atoms with Gasteiger partial charge in [-0.25, -0.2) is 4.79 Å². The minimum absolute atomic E-state index is 0.0546. The molecule has 0 aliphatic heterocycles. The van der Waals surface area contributed by atoms with Crippen LogP contribution in [0.15, 0.2) is 17.7 Å². The molecule has 0 heterocycles. The Balaban J connectivity index is 1.71. The van der Waals surface area contributed by atoms with Crippen LogP contribution in [0.2, 0.25) is 0 Å². The summed E-state index contributed by atoms with van der Waals surface area (Å²) in [5, 5.41) is 46.9. The number of aliphatic hydroxyl groups excluding tert-OH is 3. The molecule has 212 valence electrons. The quantitative estimate of drug-likeness (QED) is 0.230. The first-order valence-electron chi connectivity index (χ1n) is 13.3. The predicted octanol–water partition coefficient (Wildman–Crippen LogP) is 2.24. The number of fused-ring (bicyclic) bond motifs is 3. The number of benzene rings is 1. The average Bonchev–Trinajstić information content (AvgIpc) is 2.87. The van der Waals surface area contributed by atoms with Crippen LogP contribution in [-0.4, -0.2) is 62.8 Å². The molecule has 6 unspecified atom stereocenters. The van der Waals surface area contributed by atoms with Crippen LogP contribution in [0.1, 0.15) is 57.6 Å². The molecular formula is C28H36N2O9. The fourth-order valence-corrected chi connectivity index (χ4v) is 6.44. The van der Waals surface area contributed by atoms with Crippen molar-refractivity contribution in [3.8, 4) is 5.75 Å². The Labute approximate surface area is 226 Å². The molecular weight excluding hydrogens is 508 g/mol. The number of rotatable bonds is 6. The fourth-order valence-electron chi connectivity index (χ4n) is 6.44. The van der Waals surface area contributed by atoms with Gasteiger partial charge in [-0.1, -0.05) is 40.2 Å². The molecule has 11 nitrogen and oxygen atoms in total. The molecule has 1 aromatic carbocycles. The highest BCUT2D eigenvalue weighted by Crippen LogP contribution is 2.55. The predicted molar refractivity (Wildman–Crippen MR) is 139 cm³/mol. The van der Waals surface area contributed by atoms with Gasteiger partial charge in [0.2, 0.25) is 5.91 Å². The summed E-state index contributed by atoms with van der Waals surface area (Å²) < 4.78 is 5.18. The van der Waals surface area contributed by atoms with E-state index in [1.807, 2.05) is 13.8 Å². The third kappa shape index (κ3) is 4.57. The molecule has 0 bridgehead atoms. The summed E-state index contributed by atoms with van der Waals surface area (Å²) in [7, 11) is 0. The van der Waals surface area contributed by atoms with Gasteiger partial charge in [-0.05, 0) is 35.8 Å². The normalized spacial score (nSPS) is 32.6. The van der Waals surface area contributed by atoms with Gasteiger partial charge >= 0.3 is 6.09 Å². The number of phenolic OH excluding ortho intramolecular Hbond substituents is 1. The first kappa shape index (κ1) is 28.6. The number of Topliss-reactive ketones (excluding diaryl/α,β-unsaturated/α-hetero) is 2. The second kappa shape index (κ2) is 10.6. The van der Waals surface area contributed by atoms with Crippen LogP contribution >= 0.6 is 0 Å². The summed E-state index contributed by atoms with van der Waals surface area (Å²) in [5.41, 5.74) is 5.37. The highest BCUT2D eigenvalue weighted by atomic mass is 16.5. The van der Waals surface area contributed by atoms with E-state index < -0.39 is 82.8 Å². The van der Waals surface area contributed by atoms with Gasteiger partial charge in [-0.2, -0.15) is 0 Å². The number of carbonyl (C=O) groups is 4. The largest absolute Gasteiger partial charge is 0.507 e. The minimum Gasteiger partial charge on any atom is -0.507 e. The van der Waals surface area contributed by atoms with Crippen molar-refractivity contribution in [2.24, 2.45) is 41.2 Å². The number of amides is 2. The number of hydrogen-bond acceptors (Lipinski definition) is 9. The van der Waals surface area contributed by atoms with Crippen molar-refractivity contribution in [3.63, 3.8) is 0 Å². The van der Waals surface area contributed by atoms with E-state index in [1.54, 1.807) is 19.9 Å². The molecule has 0 saturated heterocycles. The molecule has 9 atom stereocenters. The summed E-state index contributed by atoms with van der Waals surface area (Å²) in [4.78, 5) is 51.2. The van der Waals surface area contributed by atoms with Crippen molar-refractivity contribution in [2.45, 2.75) is 58.7 Å². The van der Waals surface area contributed by atoms with Crippen LogP contribution in [0.25, 0.3) is 5.76 Å². The van der Waals surface area contributed by atoms with E-state index in [1.165, 1.54) is 6.07 Å². The SMILES string of the molecule is CCC(C)CCOC(=O)Nc1ccc2c(c1O)C(O)=C1C(=O)C3C(=O)C(C(N)=O)C(O)[C@@H](C)C3[C@@H](O)C1[C@H]2C. The number of primary amides is 1. The van der Waals surface area contributed by atoms with E-state index in [0.29, 0.717) is 17.9 Å². The van der Waals surface area contributed by atoms with E-state index >= 15 is 0 Å². The lowest BCUT2D eigenvalue weighted by Crippen LogP contribution is -2.62. The van der Waals surface area contributed by atoms with Crippen LogP contribution in [-0.2, 0) is 19.1 Å². The van der Waals surface area contributed by atoms with E-state index in [9.17, 15) is 39.6 Å². The van der Waals surface area contributed by atoms with Crippen molar-refractivity contribution < 1.29 is 44.3 Å². The lowest BCUT2D eigenvalue weighted by Gasteiger charge is -2.51. The second-order valence-electron chi connectivity index (χ2n) is 11.1. The van der Waals surface area contributed by atoms with E-state index in [4.69, 9.17) is 10.5 Å². The molecule has 11 heteroatoms. The van der Waals surface area contributed by atoms with Gasteiger partial charge in [0.05, 0.1) is 36.0 Å². The number of ketones is 2. The van der Waals surface area contributed by atoms with Crippen molar-refractivity contribution in [1.29, 1.82) is 0 Å². The molecule has 0 spiro atoms. The fraction of sp³-hybridized carbons (Fsp3) is 0.571. The van der Waals surface area contributed by atoms with Crippen molar-refractivity contribution >= 4 is 35.0 Å². The lowest BCUT2D eigenvalue weighted by atomic mass is 9.53. The highest BCUT2D eigenvalue weighted by molar-refractivity contribution is 6.19. The molecule has 3 aliphatic carbocycles. The Morgan fingerprint density at radius 3 is 2.41 bits per heavy atom. The standard InChI is InChI=1S/C28H36N2O9/c1-5-10(2)8-9-39-28(38)30-14-7-6-13-11(3)15-18(24(34)17(13)22(14)32)25(35)19-16(23(15)33)12(4)21(31)20(26(19)36)27(29)37/h6-7,10-12,15-16,19-21,23,31-34H,5,8-9H2,1-4H3,(H2,29,37)(H,30,38)/t10?,11-,12-,15?,16?,19?,20?,21?,23-/m0/s1. The third-order valence-corrected chi connectivity index (χ3v) is 8.94. The molecule has 3 aliphatic rings. The van der Waals surface area contributed by atoms with E-state index in [2.05, 4.69) is 5.32 Å². The van der Waals surface area contributed by atoms with Gasteiger partial charge < -0.3 is 30.9 Å². The number of anilines is 1. The first-order valence-corrected chi connectivity index (χ1v) is 13.3. The molecule has 4 rings (SSSR count). The number of hydrogen-bond donors (Lipinski definition) is 6. The van der Waals surface area contributed by atoms with E-state index in [0.717, 1.165) is 6.42 Å². The Morgan fingerprint density at radius 2 is 1.79 bits per heavy atom. The van der Waals surface area contributed by atoms with Gasteiger partial charge in [0.15, 0.2) is 11.6 Å². The first-order chi connectivity index (χ1) is 18.3. The maximum absolute atomic E-state index is 13.8. The van der Waals surface area contributed by atoms with Crippen LogP contribution in [0.4, 0.5) is 10.5 Å². The Morgan fingerprint density at radius 1 is 1.13 bits per heavy atom. The molecule has 1 aromatic rings. The molecule has 0 aromatic heterocycles. The number of aliphatic hydroxyl groups is 3. The smallest absolute Gasteiger partial charge is 0.411 e. The topological polar surface area (TPSA) is 196 Å². The molecule has 2 amide bonds. The zero-order valence-corrected chi connectivity index (χ0v) is 22.4. The number of phenols is 1. The van der Waals surface area contributed by atoms with Gasteiger partial charge in [0, 0.05) is 17.4 Å². The van der Waals surface area contributed by atoms with Crippen LogP contribution in [0.3, 0.4) is 0 Å². The van der Waals surface area contributed by atoms with Gasteiger partial charge in [0.25, 0.3) is 0 Å². The number of nitrogens with one attached hydrogen (secondary N) is 1. The maximum atomic E-state index is 13.8. The number of aromatic hydroxyl groups is 1. The van der Waals surface area contributed by atoms with Crippen LogP contribution in [0.5, 0.6) is 5.75 Å². The third-order valence-electron chi connectivity index (χ3n) is 8.94. The zero-order chi connectivity index (χ0) is 28.9. The molecule has 0 radical (unpaired) electrons. The molecule has 7 N–H and O–H groups in total. The number of ether oxygens (including phenoxy) is 1. The molecule has 39 heavy (non-hydrogen) atoms. The van der Waals surface area contributed by atoms with Gasteiger partial charge in [-0.3, -0.25) is 19.7 Å². The monoisotopic (exact) mass is 544 g/mol. The summed E-state index contributed by atoms with van der Waals surface area (Å²) in [6, 6.07) is 3.00. The van der Waals surface area contributed by atoms with E-state index in [-0.39, 0.29) is 23.4 Å². The van der Waals surface area contributed by atoms with Crippen molar-refractivity contribution in [3.05, 3.63) is 28.8 Å². The summed E-state index contributed by atoms with van der Waals surface area (Å²) >= 11 is 0. The summed E-state index contributed by atoms with van der Waals surface area (Å²) in [5.74, 6) is -9.99. The summed E-state index contributed by atoms with van der Waals surface area (Å²) in [6.45, 7) is 7.50. The molecule has 2 saturated carbocycles. The Bertz CT molecular complexity index is 1240. The van der Waals surface area contributed by atoms with Gasteiger partial charge in [0.1, 0.15) is 17.4 Å². The summed E-state index contributed by atoms with van der Waals surface area (Å²) in [6.07, 6.45) is -1.98. The number of carbonyl (C=O) groups excluding carboxylic acids is 4. The van der Waals surface area contributed by atoms with Gasteiger partial charge in [-0.15, -0.1) is 0 Å². The Kier molecular flexibility index (Phi) is 7.77.